The van der Waals surface area contributed by atoms with E-state index in [1.807, 2.05) is 0 Å². The zero-order chi connectivity index (χ0) is 23.4. The van der Waals surface area contributed by atoms with Crippen LogP contribution in [0.1, 0.15) is 20.3 Å². The van der Waals surface area contributed by atoms with E-state index in [0.29, 0.717) is 40.2 Å². The first kappa shape index (κ1) is 22.7. The Morgan fingerprint density at radius 1 is 1.06 bits per heavy atom. The fourth-order valence-electron chi connectivity index (χ4n) is 3.81. The monoisotopic (exact) mass is 455 g/mol. The summed E-state index contributed by atoms with van der Waals surface area (Å²) >= 11 is 0. The molecule has 4 aromatic rings. The normalized spacial score (nSPS) is 11.4. The van der Waals surface area contributed by atoms with Gasteiger partial charge < -0.3 is 29.5 Å². The van der Waals surface area contributed by atoms with Gasteiger partial charge in [0.15, 0.2) is 11.6 Å². The molecule has 2 heterocycles. The van der Waals surface area contributed by atoms with Crippen LogP contribution in [0.3, 0.4) is 0 Å². The van der Waals surface area contributed by atoms with E-state index < -0.39 is 11.6 Å². The molecule has 0 aliphatic carbocycles. The molecule has 0 amide bonds. The van der Waals surface area contributed by atoms with Gasteiger partial charge in [-0.15, -0.1) is 0 Å². The standard InChI is InChI=1S/C25H27F2N3O3/c1-3-30(4-2)10-5-11-32-22-9-7-17(13-20(22)27)28-18-14-23(33-15-18)24-19-8-6-16(26)12-21(19)29-25(24)31/h6-9,12-15,28-29,31H,3-5,10-11H2,1-2H3. The molecule has 0 bridgehead atoms. The van der Waals surface area contributed by atoms with Crippen molar-refractivity contribution < 1.29 is 23.0 Å². The number of furan rings is 1. The van der Waals surface area contributed by atoms with Crippen molar-refractivity contribution in [3.63, 3.8) is 0 Å². The summed E-state index contributed by atoms with van der Waals surface area (Å²) in [6, 6.07) is 10.5. The molecule has 0 spiro atoms. The van der Waals surface area contributed by atoms with Crippen molar-refractivity contribution in [2.75, 3.05) is 31.6 Å². The minimum atomic E-state index is -0.456. The number of nitrogens with zero attached hydrogens (tertiary/aromatic N) is 1. The number of aromatic nitrogens is 1. The molecule has 3 N–H and O–H groups in total. The van der Waals surface area contributed by atoms with E-state index in [2.05, 4.69) is 29.0 Å². The first-order chi connectivity index (χ1) is 16.0. The number of benzene rings is 2. The SMILES string of the molecule is CCN(CC)CCCOc1ccc(Nc2coc(-c3c(O)[nH]c4cc(F)ccc34)c2)cc1F. The van der Waals surface area contributed by atoms with Crippen molar-refractivity contribution in [1.82, 2.24) is 9.88 Å². The van der Waals surface area contributed by atoms with Crippen LogP contribution in [0.4, 0.5) is 20.2 Å². The highest BCUT2D eigenvalue weighted by Gasteiger charge is 2.17. The molecule has 0 atom stereocenters. The van der Waals surface area contributed by atoms with Crippen LogP contribution in [0.2, 0.25) is 0 Å². The van der Waals surface area contributed by atoms with Crippen LogP contribution in [0.25, 0.3) is 22.2 Å². The predicted molar refractivity (Wildman–Crippen MR) is 125 cm³/mol. The zero-order valence-corrected chi connectivity index (χ0v) is 18.6. The highest BCUT2D eigenvalue weighted by atomic mass is 19.1. The second-order valence-electron chi connectivity index (χ2n) is 7.74. The molecule has 4 rings (SSSR count). The molecule has 8 heteroatoms. The molecular formula is C25H27F2N3O3. The number of hydrogen-bond donors (Lipinski definition) is 3. The average molecular weight is 456 g/mol. The maximum atomic E-state index is 14.5. The third-order valence-electron chi connectivity index (χ3n) is 5.58. The van der Waals surface area contributed by atoms with Crippen LogP contribution in [-0.2, 0) is 0 Å². The number of aromatic hydroxyl groups is 1. The minimum absolute atomic E-state index is 0.120. The van der Waals surface area contributed by atoms with Crippen molar-refractivity contribution in [2.45, 2.75) is 20.3 Å². The smallest absolute Gasteiger partial charge is 0.200 e. The van der Waals surface area contributed by atoms with Gasteiger partial charge >= 0.3 is 0 Å². The van der Waals surface area contributed by atoms with Crippen molar-refractivity contribution in [2.24, 2.45) is 0 Å². The second kappa shape index (κ2) is 9.95. The number of H-pyrrole nitrogens is 1. The van der Waals surface area contributed by atoms with Crippen LogP contribution in [0, 0.1) is 11.6 Å². The second-order valence-corrected chi connectivity index (χ2v) is 7.74. The highest BCUT2D eigenvalue weighted by molar-refractivity contribution is 5.98. The number of ether oxygens (including phenoxy) is 1. The molecule has 0 aliphatic rings. The number of halogens is 2. The Kier molecular flexibility index (Phi) is 6.84. The van der Waals surface area contributed by atoms with E-state index in [0.717, 1.165) is 26.1 Å². The lowest BCUT2D eigenvalue weighted by molar-refractivity contribution is 0.243. The highest BCUT2D eigenvalue weighted by Crippen LogP contribution is 2.39. The van der Waals surface area contributed by atoms with E-state index in [1.165, 1.54) is 24.5 Å². The zero-order valence-electron chi connectivity index (χ0n) is 18.6. The minimum Gasteiger partial charge on any atom is -0.494 e. The van der Waals surface area contributed by atoms with E-state index in [9.17, 15) is 13.9 Å². The van der Waals surface area contributed by atoms with Crippen molar-refractivity contribution in [3.8, 4) is 23.0 Å². The number of nitrogens with one attached hydrogen (secondary N) is 2. The molecule has 6 nitrogen and oxygen atoms in total. The number of hydrogen-bond acceptors (Lipinski definition) is 5. The molecule has 2 aromatic carbocycles. The summed E-state index contributed by atoms with van der Waals surface area (Å²) < 4.78 is 39.1. The molecule has 33 heavy (non-hydrogen) atoms. The van der Waals surface area contributed by atoms with Gasteiger partial charge in [0, 0.05) is 29.8 Å². The van der Waals surface area contributed by atoms with Gasteiger partial charge in [0.25, 0.3) is 0 Å². The predicted octanol–water partition coefficient (Wildman–Crippen LogP) is 6.27. The molecule has 0 aliphatic heterocycles. The van der Waals surface area contributed by atoms with Gasteiger partial charge in [-0.1, -0.05) is 13.8 Å². The molecule has 2 aromatic heterocycles. The molecule has 0 unspecified atom stereocenters. The number of fused-ring (bicyclic) bond motifs is 1. The van der Waals surface area contributed by atoms with Crippen molar-refractivity contribution in [1.29, 1.82) is 0 Å². The summed E-state index contributed by atoms with van der Waals surface area (Å²) in [5.41, 5.74) is 1.99. The van der Waals surface area contributed by atoms with Gasteiger partial charge in [-0.05, 0) is 49.8 Å². The van der Waals surface area contributed by atoms with Crippen molar-refractivity contribution >= 4 is 22.3 Å². The maximum absolute atomic E-state index is 14.5. The van der Waals surface area contributed by atoms with Crippen molar-refractivity contribution in [3.05, 3.63) is 60.4 Å². The first-order valence-corrected chi connectivity index (χ1v) is 11.0. The Balaban J connectivity index is 1.41. The van der Waals surface area contributed by atoms with Crippen LogP contribution in [0.15, 0.2) is 53.1 Å². The fourth-order valence-corrected chi connectivity index (χ4v) is 3.81. The molecule has 0 saturated carbocycles. The third-order valence-corrected chi connectivity index (χ3v) is 5.58. The Morgan fingerprint density at radius 2 is 1.88 bits per heavy atom. The lowest BCUT2D eigenvalue weighted by Crippen LogP contribution is -2.25. The molecule has 174 valence electrons. The molecule has 0 radical (unpaired) electrons. The van der Waals surface area contributed by atoms with E-state index in [1.54, 1.807) is 24.3 Å². The van der Waals surface area contributed by atoms with Crippen LogP contribution < -0.4 is 10.1 Å². The Hall–Kier alpha value is -3.52. The quantitative estimate of drug-likeness (QED) is 0.246. The summed E-state index contributed by atoms with van der Waals surface area (Å²) in [6.07, 6.45) is 2.29. The third kappa shape index (κ3) is 5.12. The summed E-state index contributed by atoms with van der Waals surface area (Å²) in [5.74, 6) is -0.381. The fraction of sp³-hybridized carbons (Fsp3) is 0.280. The number of anilines is 2. The van der Waals surface area contributed by atoms with Gasteiger partial charge in [0.1, 0.15) is 17.8 Å². The van der Waals surface area contributed by atoms with Gasteiger partial charge in [-0.25, -0.2) is 8.78 Å². The van der Waals surface area contributed by atoms with E-state index in [-0.39, 0.29) is 11.6 Å². The maximum Gasteiger partial charge on any atom is 0.200 e. The first-order valence-electron chi connectivity index (χ1n) is 11.0. The van der Waals surface area contributed by atoms with Crippen LogP contribution in [-0.4, -0.2) is 41.2 Å². The number of aromatic amines is 1. The van der Waals surface area contributed by atoms with Gasteiger partial charge in [-0.3, -0.25) is 0 Å². The van der Waals surface area contributed by atoms with E-state index >= 15 is 0 Å². The molecule has 0 saturated heterocycles. The van der Waals surface area contributed by atoms with Crippen LogP contribution >= 0.6 is 0 Å². The Bertz CT molecular complexity index is 1230. The Morgan fingerprint density at radius 3 is 2.64 bits per heavy atom. The summed E-state index contributed by atoms with van der Waals surface area (Å²) in [4.78, 5) is 5.03. The lowest BCUT2D eigenvalue weighted by Gasteiger charge is -2.17. The topological polar surface area (TPSA) is 73.7 Å². The summed E-state index contributed by atoms with van der Waals surface area (Å²) in [6.45, 7) is 7.56. The summed E-state index contributed by atoms with van der Waals surface area (Å²) in [5, 5.41) is 14.0. The summed E-state index contributed by atoms with van der Waals surface area (Å²) in [7, 11) is 0. The molecular weight excluding hydrogens is 428 g/mol. The largest absolute Gasteiger partial charge is 0.494 e. The van der Waals surface area contributed by atoms with Crippen LogP contribution in [0.5, 0.6) is 11.6 Å². The number of rotatable bonds is 10. The van der Waals surface area contributed by atoms with Gasteiger partial charge in [0.2, 0.25) is 5.88 Å². The van der Waals surface area contributed by atoms with E-state index in [4.69, 9.17) is 9.15 Å². The molecule has 0 fully saturated rings. The average Bonchev–Trinajstić information content (AvgIpc) is 3.37. The van der Waals surface area contributed by atoms with Gasteiger partial charge in [0.05, 0.1) is 23.4 Å². The lowest BCUT2D eigenvalue weighted by atomic mass is 10.1. The van der Waals surface area contributed by atoms with Gasteiger partial charge in [-0.2, -0.15) is 0 Å². The Labute approximate surface area is 190 Å².